The predicted molar refractivity (Wildman–Crippen MR) is 70.7 cm³/mol. The van der Waals surface area contributed by atoms with Crippen LogP contribution in [0.25, 0.3) is 0 Å². The van der Waals surface area contributed by atoms with Crippen molar-refractivity contribution in [1.29, 1.82) is 0 Å². The van der Waals surface area contributed by atoms with Gasteiger partial charge in [-0.1, -0.05) is 25.9 Å². The molecule has 0 saturated carbocycles. The molecule has 1 aromatic rings. The van der Waals surface area contributed by atoms with Gasteiger partial charge in [-0.15, -0.1) is 0 Å². The highest BCUT2D eigenvalue weighted by atomic mass is 16.5. The highest BCUT2D eigenvalue weighted by Crippen LogP contribution is 2.19. The normalized spacial score (nSPS) is 14.7. The first kappa shape index (κ1) is 15.1. The third-order valence-corrected chi connectivity index (χ3v) is 3.10. The van der Waals surface area contributed by atoms with Gasteiger partial charge in [-0.05, 0) is 19.4 Å². The molecule has 1 heterocycles. The van der Waals surface area contributed by atoms with Crippen LogP contribution in [-0.2, 0) is 11.2 Å². The van der Waals surface area contributed by atoms with E-state index in [2.05, 4.69) is 36.2 Å². The summed E-state index contributed by atoms with van der Waals surface area (Å²) in [7, 11) is 1.67. The average molecular weight is 255 g/mol. The van der Waals surface area contributed by atoms with E-state index in [9.17, 15) is 0 Å². The number of nitrogens with one attached hydrogen (secondary N) is 1. The van der Waals surface area contributed by atoms with Crippen LogP contribution in [0.1, 0.15) is 51.2 Å². The van der Waals surface area contributed by atoms with E-state index < -0.39 is 0 Å². The van der Waals surface area contributed by atoms with Gasteiger partial charge >= 0.3 is 0 Å². The zero-order valence-corrected chi connectivity index (χ0v) is 11.9. The van der Waals surface area contributed by atoms with Gasteiger partial charge in [-0.2, -0.15) is 4.98 Å². The smallest absolute Gasteiger partial charge is 0.231 e. The second-order valence-electron chi connectivity index (χ2n) is 4.55. The van der Waals surface area contributed by atoms with E-state index in [1.807, 2.05) is 0 Å². The van der Waals surface area contributed by atoms with Crippen LogP contribution in [0.2, 0.25) is 0 Å². The Labute approximate surface area is 109 Å². The molecule has 5 nitrogen and oxygen atoms in total. The second-order valence-corrected chi connectivity index (χ2v) is 4.55. The van der Waals surface area contributed by atoms with Crippen molar-refractivity contribution < 1.29 is 9.26 Å². The maximum atomic E-state index is 5.33. The summed E-state index contributed by atoms with van der Waals surface area (Å²) >= 11 is 0. The predicted octanol–water partition coefficient (Wildman–Crippen LogP) is 2.14. The molecule has 0 radical (unpaired) electrons. The molecular formula is C13H25N3O2. The summed E-state index contributed by atoms with van der Waals surface area (Å²) in [5.74, 6) is 1.69. The monoisotopic (exact) mass is 255 g/mol. The van der Waals surface area contributed by atoms with E-state index in [-0.39, 0.29) is 5.92 Å². The molecule has 0 amide bonds. The Morgan fingerprint density at radius 2 is 2.17 bits per heavy atom. The molecule has 1 rings (SSSR count). The Hall–Kier alpha value is -0.940. The lowest BCUT2D eigenvalue weighted by Gasteiger charge is -2.20. The fraction of sp³-hybridized carbons (Fsp3) is 0.846. The van der Waals surface area contributed by atoms with Crippen LogP contribution in [-0.4, -0.2) is 36.4 Å². The number of methoxy groups -OCH3 is 1. The van der Waals surface area contributed by atoms with Crippen LogP contribution in [0.4, 0.5) is 0 Å². The highest BCUT2D eigenvalue weighted by molar-refractivity contribution is 4.97. The number of nitrogens with zero attached hydrogens (tertiary/aromatic N) is 2. The summed E-state index contributed by atoms with van der Waals surface area (Å²) in [6.07, 6.45) is 2.88. The van der Waals surface area contributed by atoms with Gasteiger partial charge in [-0.3, -0.25) is 0 Å². The Kier molecular flexibility index (Phi) is 6.90. The zero-order valence-electron chi connectivity index (χ0n) is 11.9. The molecule has 1 aromatic heterocycles. The number of ether oxygens (including phenoxy) is 1. The molecule has 0 aliphatic heterocycles. The Morgan fingerprint density at radius 3 is 2.78 bits per heavy atom. The van der Waals surface area contributed by atoms with E-state index in [1.165, 1.54) is 0 Å². The zero-order chi connectivity index (χ0) is 13.4. The largest absolute Gasteiger partial charge is 0.384 e. The van der Waals surface area contributed by atoms with E-state index in [0.29, 0.717) is 19.1 Å². The molecule has 1 N–H and O–H groups in total. The maximum Gasteiger partial charge on any atom is 0.231 e. The molecule has 0 bridgehead atoms. The first-order chi connectivity index (χ1) is 8.72. The molecule has 104 valence electrons. The molecule has 5 heteroatoms. The van der Waals surface area contributed by atoms with E-state index in [4.69, 9.17) is 9.26 Å². The standard InChI is InChI=1S/C13H25N3O2/c1-5-8-14-11(6-2)10(3)13-15-12(16-18-13)7-9-17-4/h10-11,14H,5-9H2,1-4H3. The molecule has 0 aliphatic rings. The first-order valence-corrected chi connectivity index (χ1v) is 6.77. The third-order valence-electron chi connectivity index (χ3n) is 3.10. The fourth-order valence-electron chi connectivity index (χ4n) is 1.92. The average Bonchev–Trinajstić information content (AvgIpc) is 2.85. The lowest BCUT2D eigenvalue weighted by molar-refractivity contribution is 0.199. The summed E-state index contributed by atoms with van der Waals surface area (Å²) in [5, 5.41) is 7.50. The van der Waals surface area contributed by atoms with Crippen molar-refractivity contribution in [2.75, 3.05) is 20.3 Å². The summed E-state index contributed by atoms with van der Waals surface area (Å²) < 4.78 is 10.3. The van der Waals surface area contributed by atoms with Crippen LogP contribution in [0.3, 0.4) is 0 Å². The highest BCUT2D eigenvalue weighted by Gasteiger charge is 2.22. The number of aromatic nitrogens is 2. The summed E-state index contributed by atoms with van der Waals surface area (Å²) in [5.41, 5.74) is 0. The van der Waals surface area contributed by atoms with Crippen molar-refractivity contribution in [2.24, 2.45) is 0 Å². The molecule has 2 atom stereocenters. The van der Waals surface area contributed by atoms with Gasteiger partial charge in [0.15, 0.2) is 5.82 Å². The van der Waals surface area contributed by atoms with E-state index in [1.54, 1.807) is 7.11 Å². The summed E-state index contributed by atoms with van der Waals surface area (Å²) in [6, 6.07) is 0.390. The van der Waals surface area contributed by atoms with Crippen LogP contribution < -0.4 is 5.32 Å². The van der Waals surface area contributed by atoms with Gasteiger partial charge in [0.25, 0.3) is 0 Å². The van der Waals surface area contributed by atoms with Gasteiger partial charge in [0, 0.05) is 19.6 Å². The van der Waals surface area contributed by atoms with Gasteiger partial charge < -0.3 is 14.6 Å². The van der Waals surface area contributed by atoms with Gasteiger partial charge in [-0.25, -0.2) is 0 Å². The molecule has 0 aromatic carbocycles. The molecule has 0 spiro atoms. The summed E-state index contributed by atoms with van der Waals surface area (Å²) in [4.78, 5) is 4.43. The van der Waals surface area contributed by atoms with Gasteiger partial charge in [0.1, 0.15) is 0 Å². The van der Waals surface area contributed by atoms with Crippen molar-refractivity contribution in [3.05, 3.63) is 11.7 Å². The Bertz CT molecular complexity index is 328. The topological polar surface area (TPSA) is 60.2 Å². The van der Waals surface area contributed by atoms with Crippen molar-refractivity contribution in [3.8, 4) is 0 Å². The van der Waals surface area contributed by atoms with Crippen molar-refractivity contribution in [2.45, 2.75) is 52.0 Å². The number of hydrogen-bond acceptors (Lipinski definition) is 5. The Balaban J connectivity index is 2.57. The van der Waals surface area contributed by atoms with Crippen molar-refractivity contribution >= 4 is 0 Å². The molecule has 18 heavy (non-hydrogen) atoms. The summed E-state index contributed by atoms with van der Waals surface area (Å²) in [6.45, 7) is 8.11. The van der Waals surface area contributed by atoms with Crippen molar-refractivity contribution in [1.82, 2.24) is 15.5 Å². The Morgan fingerprint density at radius 1 is 1.39 bits per heavy atom. The second kappa shape index (κ2) is 8.21. The van der Waals surface area contributed by atoms with Gasteiger partial charge in [0.2, 0.25) is 5.89 Å². The number of rotatable bonds is 9. The molecule has 0 aliphatic carbocycles. The lowest BCUT2D eigenvalue weighted by atomic mass is 9.99. The van der Waals surface area contributed by atoms with Gasteiger partial charge in [0.05, 0.1) is 12.5 Å². The third kappa shape index (κ3) is 4.38. The van der Waals surface area contributed by atoms with E-state index >= 15 is 0 Å². The molecular weight excluding hydrogens is 230 g/mol. The molecule has 0 saturated heterocycles. The van der Waals surface area contributed by atoms with Crippen LogP contribution in [0, 0.1) is 0 Å². The number of hydrogen-bond donors (Lipinski definition) is 1. The molecule has 2 unspecified atom stereocenters. The minimum absolute atomic E-state index is 0.241. The van der Waals surface area contributed by atoms with Crippen molar-refractivity contribution in [3.63, 3.8) is 0 Å². The minimum Gasteiger partial charge on any atom is -0.384 e. The lowest BCUT2D eigenvalue weighted by Crippen LogP contribution is -2.33. The maximum absolute atomic E-state index is 5.33. The van der Waals surface area contributed by atoms with Crippen LogP contribution >= 0.6 is 0 Å². The molecule has 0 fully saturated rings. The van der Waals surface area contributed by atoms with Crippen LogP contribution in [0.15, 0.2) is 4.52 Å². The van der Waals surface area contributed by atoms with E-state index in [0.717, 1.165) is 31.1 Å². The minimum atomic E-state index is 0.241. The quantitative estimate of drug-likeness (QED) is 0.732. The van der Waals surface area contributed by atoms with Crippen LogP contribution in [0.5, 0.6) is 0 Å². The fourth-order valence-corrected chi connectivity index (χ4v) is 1.92. The SMILES string of the molecule is CCCNC(CC)C(C)c1nc(CCOC)no1. The first-order valence-electron chi connectivity index (χ1n) is 6.77.